The van der Waals surface area contributed by atoms with Gasteiger partial charge >= 0.3 is 6.03 Å². The molecule has 184 valence electrons. The fourth-order valence-corrected chi connectivity index (χ4v) is 3.92. The molecule has 0 aliphatic carbocycles. The molecular weight excluding hydrogens is 466 g/mol. The van der Waals surface area contributed by atoms with Crippen LogP contribution in [0.25, 0.3) is 11.0 Å². The molecule has 1 aliphatic heterocycles. The van der Waals surface area contributed by atoms with Crippen molar-refractivity contribution in [3.05, 3.63) is 84.2 Å². The molecule has 0 spiro atoms. The number of ether oxygens (including phenoxy) is 1. The van der Waals surface area contributed by atoms with Gasteiger partial charge in [-0.2, -0.15) is 0 Å². The van der Waals surface area contributed by atoms with Crippen molar-refractivity contribution in [1.82, 2.24) is 20.2 Å². The van der Waals surface area contributed by atoms with E-state index in [0.717, 1.165) is 43.5 Å². The number of anilines is 2. The van der Waals surface area contributed by atoms with Crippen molar-refractivity contribution >= 4 is 28.4 Å². The predicted octanol–water partition coefficient (Wildman–Crippen LogP) is 4.75. The van der Waals surface area contributed by atoms with Crippen LogP contribution >= 0.6 is 0 Å². The van der Waals surface area contributed by atoms with Crippen molar-refractivity contribution in [3.63, 3.8) is 0 Å². The number of urea groups is 1. The molecule has 10 heteroatoms. The van der Waals surface area contributed by atoms with Crippen molar-refractivity contribution in [2.45, 2.75) is 6.54 Å². The highest BCUT2D eigenvalue weighted by Gasteiger charge is 2.13. The largest absolute Gasteiger partial charge is 0.454 e. The van der Waals surface area contributed by atoms with E-state index in [1.165, 1.54) is 30.3 Å². The van der Waals surface area contributed by atoms with E-state index in [1.807, 2.05) is 0 Å². The average molecular weight is 491 g/mol. The van der Waals surface area contributed by atoms with E-state index >= 15 is 0 Å². The minimum absolute atomic E-state index is 0.00429. The second-order valence-corrected chi connectivity index (χ2v) is 8.37. The number of fused-ring (bicyclic) bond motifs is 1. The highest BCUT2D eigenvalue weighted by Crippen LogP contribution is 2.28. The Bertz CT molecular complexity index is 1390. The molecule has 3 N–H and O–H groups in total. The predicted molar refractivity (Wildman–Crippen MR) is 133 cm³/mol. The van der Waals surface area contributed by atoms with Crippen LogP contribution < -0.4 is 20.7 Å². The molecule has 5 rings (SSSR count). The fourth-order valence-electron chi connectivity index (χ4n) is 3.92. The number of rotatable bonds is 6. The molecule has 1 saturated heterocycles. The van der Waals surface area contributed by atoms with Gasteiger partial charge in [-0.05, 0) is 42.5 Å². The number of halogens is 2. The quantitative estimate of drug-likeness (QED) is 0.361. The summed E-state index contributed by atoms with van der Waals surface area (Å²) < 4.78 is 33.7. The van der Waals surface area contributed by atoms with Crippen LogP contribution in [0.3, 0.4) is 0 Å². The lowest BCUT2D eigenvalue weighted by Crippen LogP contribution is -2.43. The minimum atomic E-state index is -0.655. The smallest absolute Gasteiger partial charge is 0.323 e. The third kappa shape index (κ3) is 5.91. The summed E-state index contributed by atoms with van der Waals surface area (Å²) in [4.78, 5) is 23.6. The number of hydrogen-bond acceptors (Lipinski definition) is 6. The Morgan fingerprint density at radius 2 is 1.78 bits per heavy atom. The monoisotopic (exact) mass is 490 g/mol. The molecule has 0 radical (unpaired) electrons. The van der Waals surface area contributed by atoms with Crippen molar-refractivity contribution in [2.24, 2.45) is 0 Å². The molecule has 1 aromatic heterocycles. The molecule has 0 saturated carbocycles. The van der Waals surface area contributed by atoms with Gasteiger partial charge in [0.1, 0.15) is 11.6 Å². The molecular formula is C26H24F2N6O2. The molecule has 0 bridgehead atoms. The number of carbonyl (C=O) groups excluding carboxylic acids is 1. The number of carbonyl (C=O) groups is 1. The Balaban J connectivity index is 1.25. The van der Waals surface area contributed by atoms with E-state index in [1.54, 1.807) is 30.5 Å². The molecule has 8 nitrogen and oxygen atoms in total. The topological polar surface area (TPSA) is 91.4 Å². The minimum Gasteiger partial charge on any atom is -0.454 e. The van der Waals surface area contributed by atoms with Crippen LogP contribution in [0.15, 0.2) is 66.9 Å². The summed E-state index contributed by atoms with van der Waals surface area (Å²) >= 11 is 0. The van der Waals surface area contributed by atoms with Gasteiger partial charge in [-0.1, -0.05) is 6.07 Å². The molecule has 2 heterocycles. The maximum Gasteiger partial charge on any atom is 0.323 e. The number of nitrogens with zero attached hydrogens (tertiary/aromatic N) is 3. The van der Waals surface area contributed by atoms with E-state index in [2.05, 4.69) is 25.8 Å². The lowest BCUT2D eigenvalue weighted by atomic mass is 10.2. The van der Waals surface area contributed by atoms with E-state index in [4.69, 9.17) is 9.72 Å². The molecule has 1 fully saturated rings. The summed E-state index contributed by atoms with van der Waals surface area (Å²) in [5.74, 6) is -0.720. The van der Waals surface area contributed by atoms with Gasteiger partial charge in [-0.15, -0.1) is 0 Å². The van der Waals surface area contributed by atoms with E-state index < -0.39 is 17.7 Å². The van der Waals surface area contributed by atoms with Gasteiger partial charge in [-0.3, -0.25) is 9.88 Å². The van der Waals surface area contributed by atoms with Gasteiger partial charge in [0.15, 0.2) is 11.6 Å². The molecule has 36 heavy (non-hydrogen) atoms. The highest BCUT2D eigenvalue weighted by molar-refractivity contribution is 5.99. The van der Waals surface area contributed by atoms with Gasteiger partial charge in [0.05, 0.1) is 22.9 Å². The zero-order valence-electron chi connectivity index (χ0n) is 19.3. The first-order valence-electron chi connectivity index (χ1n) is 11.5. The number of amides is 2. The Morgan fingerprint density at radius 1 is 0.972 bits per heavy atom. The fraction of sp³-hybridized carbons (Fsp3) is 0.192. The van der Waals surface area contributed by atoms with Crippen LogP contribution in [-0.4, -0.2) is 47.1 Å². The summed E-state index contributed by atoms with van der Waals surface area (Å²) in [6, 6.07) is 14.1. The lowest BCUT2D eigenvalue weighted by Gasteiger charge is -2.26. The van der Waals surface area contributed by atoms with Gasteiger partial charge in [0.25, 0.3) is 0 Å². The normalized spacial score (nSPS) is 13.9. The SMILES string of the molecule is O=C(Nc1cccc(F)c1)Nc1ccc(Oc2ccc3ncc(CN4CCNCC4)nc3c2)c(F)c1. The van der Waals surface area contributed by atoms with Crippen molar-refractivity contribution in [1.29, 1.82) is 0 Å². The molecule has 0 atom stereocenters. The van der Waals surface area contributed by atoms with Crippen LogP contribution in [0.2, 0.25) is 0 Å². The van der Waals surface area contributed by atoms with E-state index in [9.17, 15) is 13.6 Å². The molecule has 3 aromatic carbocycles. The first kappa shape index (κ1) is 23.6. The number of benzene rings is 3. The average Bonchev–Trinajstić information content (AvgIpc) is 2.86. The summed E-state index contributed by atoms with van der Waals surface area (Å²) in [6.07, 6.45) is 1.78. The number of hydrogen-bond donors (Lipinski definition) is 3. The Kier molecular flexibility index (Phi) is 6.96. The number of nitrogens with one attached hydrogen (secondary N) is 3. The summed E-state index contributed by atoms with van der Waals surface area (Å²) in [6.45, 7) is 4.54. The van der Waals surface area contributed by atoms with E-state index in [0.29, 0.717) is 17.8 Å². The standard InChI is InChI=1S/C26H24F2N6O2/c27-17-2-1-3-18(12-17)32-26(35)33-19-4-7-25(22(28)13-19)36-21-5-6-23-24(14-21)31-20(15-30-23)16-34-10-8-29-9-11-34/h1-7,12-15,29H,8-11,16H2,(H2,32,33,35). The van der Waals surface area contributed by atoms with Crippen LogP contribution in [0.5, 0.6) is 11.5 Å². The first-order valence-corrected chi connectivity index (χ1v) is 11.5. The van der Waals surface area contributed by atoms with Crippen LogP contribution in [0.1, 0.15) is 5.69 Å². The molecule has 1 aliphatic rings. The Labute approximate surface area is 206 Å². The summed E-state index contributed by atoms with van der Waals surface area (Å²) in [5, 5.41) is 8.33. The van der Waals surface area contributed by atoms with Gasteiger partial charge in [0, 0.05) is 56.2 Å². The van der Waals surface area contributed by atoms with Gasteiger partial charge < -0.3 is 20.7 Å². The van der Waals surface area contributed by atoms with Crippen LogP contribution in [-0.2, 0) is 6.54 Å². The second-order valence-electron chi connectivity index (χ2n) is 8.37. The third-order valence-corrected chi connectivity index (χ3v) is 5.66. The summed E-state index contributed by atoms with van der Waals surface area (Å²) in [5.41, 5.74) is 2.74. The third-order valence-electron chi connectivity index (χ3n) is 5.66. The van der Waals surface area contributed by atoms with Gasteiger partial charge in [-0.25, -0.2) is 18.6 Å². The summed E-state index contributed by atoms with van der Waals surface area (Å²) in [7, 11) is 0. The zero-order chi connectivity index (χ0) is 24.9. The number of aromatic nitrogens is 2. The molecule has 4 aromatic rings. The second kappa shape index (κ2) is 10.6. The van der Waals surface area contributed by atoms with Crippen LogP contribution in [0, 0.1) is 11.6 Å². The lowest BCUT2D eigenvalue weighted by molar-refractivity contribution is 0.230. The van der Waals surface area contributed by atoms with Crippen molar-refractivity contribution in [3.8, 4) is 11.5 Å². The maximum absolute atomic E-state index is 14.7. The van der Waals surface area contributed by atoms with E-state index in [-0.39, 0.29) is 17.1 Å². The molecule has 2 amide bonds. The Hall–Kier alpha value is -4.15. The van der Waals surface area contributed by atoms with Crippen LogP contribution in [0.4, 0.5) is 25.0 Å². The first-order chi connectivity index (χ1) is 17.5. The maximum atomic E-state index is 14.7. The number of piperazine rings is 1. The zero-order valence-corrected chi connectivity index (χ0v) is 19.3. The Morgan fingerprint density at radius 3 is 2.56 bits per heavy atom. The van der Waals surface area contributed by atoms with Crippen molar-refractivity contribution in [2.75, 3.05) is 36.8 Å². The van der Waals surface area contributed by atoms with Crippen molar-refractivity contribution < 1.29 is 18.3 Å². The highest BCUT2D eigenvalue weighted by atomic mass is 19.1. The van der Waals surface area contributed by atoms with Gasteiger partial charge in [0.2, 0.25) is 0 Å². The molecule has 0 unspecified atom stereocenters.